The van der Waals surface area contributed by atoms with Gasteiger partial charge in [-0.25, -0.2) is 0 Å². The number of nitrogens with one attached hydrogen (secondary N) is 2. The largest absolute Gasteiger partial charge is 2.00 e. The Balaban J connectivity index is -0.000000257. The molecule has 1 aromatic rings. The molecule has 7 heteroatoms. The second kappa shape index (κ2) is 16.2. The Morgan fingerprint density at radius 3 is 1.00 bits per heavy atom. The van der Waals surface area contributed by atoms with Gasteiger partial charge in [-0.15, -0.1) is 0 Å². The van der Waals surface area contributed by atoms with Crippen LogP contribution in [-0.2, 0) is 19.5 Å². The van der Waals surface area contributed by atoms with Gasteiger partial charge in [-0.2, -0.15) is 11.4 Å². The van der Waals surface area contributed by atoms with Crippen molar-refractivity contribution in [3.63, 3.8) is 0 Å². The average Bonchev–Trinajstić information content (AvgIpc) is 2.31. The molecule has 0 amide bonds. The summed E-state index contributed by atoms with van der Waals surface area (Å²) in [6.07, 6.45) is -0.556. The van der Waals surface area contributed by atoms with Gasteiger partial charge in [0.15, 0.2) is 0 Å². The molecule has 23 heavy (non-hydrogen) atoms. The molecule has 4 unspecified atom stereocenters. The molecule has 0 saturated heterocycles. The minimum Gasteiger partial charge on any atom is -0.700 e. The molecular formula is C16H30N2O4Ru. The van der Waals surface area contributed by atoms with Gasteiger partial charge in [-0.05, 0) is 40.5 Å². The summed E-state index contributed by atoms with van der Waals surface area (Å²) >= 11 is 0. The topological polar surface area (TPSA) is 129 Å². The summed E-state index contributed by atoms with van der Waals surface area (Å²) in [6.45, 7) is 6.64. The van der Waals surface area contributed by atoms with E-state index in [9.17, 15) is 0 Å². The molecule has 0 aliphatic carbocycles. The van der Waals surface area contributed by atoms with Gasteiger partial charge in [0.1, 0.15) is 0 Å². The first-order chi connectivity index (χ1) is 10.1. The van der Waals surface area contributed by atoms with Crippen LogP contribution in [0.1, 0.15) is 40.5 Å². The van der Waals surface area contributed by atoms with Crippen molar-refractivity contribution in [2.75, 3.05) is 0 Å². The van der Waals surface area contributed by atoms with Crippen molar-refractivity contribution >= 4 is 11.4 Å². The molecule has 1 aromatic carbocycles. The van der Waals surface area contributed by atoms with Gasteiger partial charge in [0.2, 0.25) is 0 Å². The van der Waals surface area contributed by atoms with E-state index in [4.69, 9.17) is 31.9 Å². The number of hydrogen-bond donors (Lipinski definition) is 4. The number of benzene rings is 1. The van der Waals surface area contributed by atoms with Crippen molar-refractivity contribution < 1.29 is 39.9 Å². The van der Waals surface area contributed by atoms with Gasteiger partial charge in [0.25, 0.3) is 0 Å². The zero-order chi connectivity index (χ0) is 17.7. The molecule has 6 N–H and O–H groups in total. The fourth-order valence-electron chi connectivity index (χ4n) is 1.47. The first-order valence-electron chi connectivity index (χ1n) is 7.30. The first-order valence-corrected chi connectivity index (χ1v) is 7.30. The van der Waals surface area contributed by atoms with Crippen LogP contribution < -0.4 is 0 Å². The van der Waals surface area contributed by atoms with Crippen LogP contribution in [0, 0.1) is 0 Å². The first kappa shape index (κ1) is 27.1. The summed E-state index contributed by atoms with van der Waals surface area (Å²) in [4.78, 5) is 0. The van der Waals surface area contributed by atoms with Gasteiger partial charge in [-0.3, -0.25) is 0 Å². The van der Waals surface area contributed by atoms with Crippen LogP contribution in [0.4, 0.5) is 11.4 Å². The van der Waals surface area contributed by atoms with E-state index in [1.165, 1.54) is 0 Å². The van der Waals surface area contributed by atoms with E-state index >= 15 is 0 Å². The van der Waals surface area contributed by atoms with Gasteiger partial charge in [0, 0.05) is 0 Å². The SMILES string of the molecule is CC(O)CC(C)O.CC(O)CC(C)O.[NH-]c1ccccc1[NH-].[Ru+2]. The molecule has 0 aromatic heterocycles. The average molecular weight is 415 g/mol. The molecule has 0 spiro atoms. The van der Waals surface area contributed by atoms with Crippen LogP contribution in [0.25, 0.3) is 11.5 Å². The smallest absolute Gasteiger partial charge is 0.700 e. The second-order valence-corrected chi connectivity index (χ2v) is 5.41. The normalized spacial score (nSPS) is 14.6. The van der Waals surface area contributed by atoms with Crippen molar-refractivity contribution in [1.29, 1.82) is 0 Å². The Morgan fingerprint density at radius 1 is 0.696 bits per heavy atom. The molecule has 4 atom stereocenters. The molecule has 0 aliphatic rings. The second-order valence-electron chi connectivity index (χ2n) is 5.41. The van der Waals surface area contributed by atoms with Crippen LogP contribution >= 0.6 is 0 Å². The number of rotatable bonds is 4. The van der Waals surface area contributed by atoms with Gasteiger partial charge < -0.3 is 31.9 Å². The van der Waals surface area contributed by atoms with Gasteiger partial charge in [0.05, 0.1) is 24.4 Å². The van der Waals surface area contributed by atoms with E-state index in [2.05, 4.69) is 0 Å². The van der Waals surface area contributed by atoms with Crippen molar-refractivity contribution in [3.8, 4) is 0 Å². The maximum atomic E-state index is 8.56. The number of aliphatic hydroxyl groups excluding tert-OH is 4. The minimum absolute atomic E-state index is 0. The third-order valence-corrected chi connectivity index (χ3v) is 2.29. The third-order valence-electron chi connectivity index (χ3n) is 2.29. The predicted molar refractivity (Wildman–Crippen MR) is 90.4 cm³/mol. The number of aliphatic hydroxyl groups is 4. The third kappa shape index (κ3) is 23.7. The minimum atomic E-state index is -0.375. The molecule has 0 aliphatic heterocycles. The van der Waals surface area contributed by atoms with Crippen LogP contribution in [0.2, 0.25) is 0 Å². The van der Waals surface area contributed by atoms with Crippen molar-refractivity contribution in [2.45, 2.75) is 65.0 Å². The van der Waals surface area contributed by atoms with E-state index in [0.29, 0.717) is 12.8 Å². The molecule has 0 heterocycles. The van der Waals surface area contributed by atoms with Crippen molar-refractivity contribution in [1.82, 2.24) is 0 Å². The maximum Gasteiger partial charge on any atom is 2.00 e. The zero-order valence-electron chi connectivity index (χ0n) is 14.2. The molecule has 136 valence electrons. The van der Waals surface area contributed by atoms with Crippen molar-refractivity contribution in [2.24, 2.45) is 0 Å². The molecular weight excluding hydrogens is 385 g/mol. The van der Waals surface area contributed by atoms with Gasteiger partial charge >= 0.3 is 19.5 Å². The van der Waals surface area contributed by atoms with E-state index in [1.807, 2.05) is 0 Å². The van der Waals surface area contributed by atoms with Crippen LogP contribution in [0.15, 0.2) is 24.3 Å². The fourth-order valence-corrected chi connectivity index (χ4v) is 1.47. The predicted octanol–water partition coefficient (Wildman–Crippen LogP) is 3.33. The molecule has 0 bridgehead atoms. The Bertz CT molecular complexity index is 328. The summed E-state index contributed by atoms with van der Waals surface area (Å²) in [5.74, 6) is 0. The van der Waals surface area contributed by atoms with E-state index in [1.54, 1.807) is 52.0 Å². The standard InChI is InChI=1S/C6H6N2.2C5H12O2.Ru/c7-5-3-1-2-4-6(5)8;2*1-4(6)3-5(2)7;/h1-4,7-8H;2*4-7H,3H2,1-2H3;/q-2;;;+2. The van der Waals surface area contributed by atoms with Gasteiger partial charge in [-0.1, -0.05) is 24.3 Å². The Labute approximate surface area is 152 Å². The molecule has 1 rings (SSSR count). The summed E-state index contributed by atoms with van der Waals surface area (Å²) < 4.78 is 0. The maximum absolute atomic E-state index is 8.56. The van der Waals surface area contributed by atoms with Crippen LogP contribution in [-0.4, -0.2) is 44.8 Å². The van der Waals surface area contributed by atoms with E-state index in [0.717, 1.165) is 0 Å². The Morgan fingerprint density at radius 2 is 0.913 bits per heavy atom. The quantitative estimate of drug-likeness (QED) is 0.562. The molecule has 0 saturated carbocycles. The molecule has 6 nitrogen and oxygen atoms in total. The summed E-state index contributed by atoms with van der Waals surface area (Å²) in [7, 11) is 0. The van der Waals surface area contributed by atoms with E-state index in [-0.39, 0.29) is 55.3 Å². The summed E-state index contributed by atoms with van der Waals surface area (Å²) in [5, 5.41) is 34.3. The Kier molecular flexibility index (Phi) is 19.1. The molecule has 0 radical (unpaired) electrons. The Hall–Kier alpha value is -0.717. The zero-order valence-corrected chi connectivity index (χ0v) is 15.9. The summed E-state index contributed by atoms with van der Waals surface area (Å²) in [6, 6.07) is 6.70. The fraction of sp³-hybridized carbons (Fsp3) is 0.625. The van der Waals surface area contributed by atoms with Crippen molar-refractivity contribution in [3.05, 3.63) is 35.7 Å². The summed E-state index contributed by atoms with van der Waals surface area (Å²) in [5.41, 5.74) is 14.6. The van der Waals surface area contributed by atoms with Crippen LogP contribution in [0.5, 0.6) is 0 Å². The van der Waals surface area contributed by atoms with Crippen LogP contribution in [0.3, 0.4) is 0 Å². The van der Waals surface area contributed by atoms with E-state index < -0.39 is 0 Å². The number of hydrogen-bond acceptors (Lipinski definition) is 4. The monoisotopic (exact) mass is 416 g/mol. The molecule has 0 fully saturated rings.